The number of aromatic nitrogens is 1. The van der Waals surface area contributed by atoms with E-state index in [1.807, 2.05) is 54.6 Å². The molecule has 5 nitrogen and oxygen atoms in total. The van der Waals surface area contributed by atoms with Crippen molar-refractivity contribution in [2.45, 2.75) is 19.4 Å². The van der Waals surface area contributed by atoms with Crippen LogP contribution in [0.5, 0.6) is 0 Å². The van der Waals surface area contributed by atoms with Crippen molar-refractivity contribution in [2.24, 2.45) is 5.41 Å². The smallest absolute Gasteiger partial charge is 0.102 e. The van der Waals surface area contributed by atoms with Gasteiger partial charge in [0.25, 0.3) is 0 Å². The van der Waals surface area contributed by atoms with Gasteiger partial charge in [-0.2, -0.15) is 15.8 Å². The maximum absolute atomic E-state index is 10.9. The molecule has 1 aromatic heterocycles. The minimum atomic E-state index is -0.405. The molecule has 3 aliphatic rings. The van der Waals surface area contributed by atoms with Crippen LogP contribution in [0.25, 0.3) is 49.7 Å². The first-order valence-corrected chi connectivity index (χ1v) is 17.4. The second-order valence-corrected chi connectivity index (χ2v) is 13.6. The number of fused-ring (bicyclic) bond motifs is 5. The van der Waals surface area contributed by atoms with Crippen LogP contribution in [0.2, 0.25) is 0 Å². The van der Waals surface area contributed by atoms with Crippen LogP contribution in [0.15, 0.2) is 169 Å². The van der Waals surface area contributed by atoms with Crippen molar-refractivity contribution in [1.82, 2.24) is 4.57 Å². The van der Waals surface area contributed by atoms with Gasteiger partial charge in [0.05, 0.1) is 51.7 Å². The molecule has 5 aromatic carbocycles. The first-order chi connectivity index (χ1) is 25.6. The van der Waals surface area contributed by atoms with E-state index >= 15 is 0 Å². The van der Waals surface area contributed by atoms with Gasteiger partial charge in [-0.3, -0.25) is 0 Å². The van der Waals surface area contributed by atoms with Crippen LogP contribution in [0.4, 0.5) is 5.69 Å². The molecular weight excluding hydrogens is 635 g/mol. The molecule has 1 aliphatic heterocycles. The van der Waals surface area contributed by atoms with Gasteiger partial charge in [0.2, 0.25) is 0 Å². The van der Waals surface area contributed by atoms with E-state index < -0.39 is 5.41 Å². The third-order valence-electron chi connectivity index (χ3n) is 10.8. The van der Waals surface area contributed by atoms with Crippen molar-refractivity contribution in [3.05, 3.63) is 180 Å². The van der Waals surface area contributed by atoms with Gasteiger partial charge in [0, 0.05) is 50.6 Å². The van der Waals surface area contributed by atoms with E-state index in [2.05, 4.69) is 132 Å². The van der Waals surface area contributed by atoms with Crippen molar-refractivity contribution in [3.8, 4) is 46.1 Å². The Hall–Kier alpha value is -7.13. The van der Waals surface area contributed by atoms with Gasteiger partial charge in [0.1, 0.15) is 6.07 Å². The number of nitrogens with zero attached hydrogens (tertiary/aromatic N) is 5. The van der Waals surface area contributed by atoms with E-state index in [1.165, 1.54) is 10.8 Å². The molecular formula is C47H31N5. The molecule has 2 heterocycles. The van der Waals surface area contributed by atoms with E-state index in [0.29, 0.717) is 34.2 Å². The summed E-state index contributed by atoms with van der Waals surface area (Å²) in [6.45, 7) is 2.19. The Morgan fingerprint density at radius 1 is 0.692 bits per heavy atom. The van der Waals surface area contributed by atoms with Crippen LogP contribution < -0.4 is 4.90 Å². The molecule has 2 unspecified atom stereocenters. The lowest BCUT2D eigenvalue weighted by atomic mass is 9.74. The van der Waals surface area contributed by atoms with Crippen LogP contribution in [0, 0.1) is 39.4 Å². The molecule has 2 aliphatic carbocycles. The maximum Gasteiger partial charge on any atom is 0.102 e. The molecule has 0 fully saturated rings. The van der Waals surface area contributed by atoms with Crippen LogP contribution in [-0.2, 0) is 0 Å². The average molecular weight is 666 g/mol. The van der Waals surface area contributed by atoms with Crippen molar-refractivity contribution in [2.75, 3.05) is 4.90 Å². The highest BCUT2D eigenvalue weighted by Crippen LogP contribution is 2.52. The molecule has 0 saturated carbocycles. The molecule has 0 amide bonds. The summed E-state index contributed by atoms with van der Waals surface area (Å²) in [7, 11) is 0. The zero-order chi connectivity index (χ0) is 35.4. The largest absolute Gasteiger partial charge is 0.332 e. The van der Waals surface area contributed by atoms with E-state index in [9.17, 15) is 15.8 Å². The van der Waals surface area contributed by atoms with E-state index in [-0.39, 0.29) is 6.04 Å². The predicted molar refractivity (Wildman–Crippen MR) is 208 cm³/mol. The quantitative estimate of drug-likeness (QED) is 0.188. The summed E-state index contributed by atoms with van der Waals surface area (Å²) in [6.07, 6.45) is 15.2. The van der Waals surface area contributed by atoms with Crippen molar-refractivity contribution < 1.29 is 0 Å². The second kappa shape index (κ2) is 12.0. The number of hydrogen-bond acceptors (Lipinski definition) is 4. The number of rotatable bonds is 4. The fraction of sp³-hybridized carbons (Fsp3) is 0.0851. The minimum absolute atomic E-state index is 0.108. The Morgan fingerprint density at radius 2 is 1.40 bits per heavy atom. The Kier molecular flexibility index (Phi) is 7.15. The van der Waals surface area contributed by atoms with Crippen molar-refractivity contribution in [3.63, 3.8) is 0 Å². The molecule has 0 saturated heterocycles. The van der Waals surface area contributed by atoms with Crippen LogP contribution in [0.3, 0.4) is 0 Å². The summed E-state index contributed by atoms with van der Waals surface area (Å²) in [5, 5.41) is 33.6. The molecule has 244 valence electrons. The number of anilines is 1. The van der Waals surface area contributed by atoms with E-state index in [1.54, 1.807) is 0 Å². The maximum atomic E-state index is 10.9. The summed E-state index contributed by atoms with van der Waals surface area (Å²) in [4.78, 5) is 2.23. The predicted octanol–water partition coefficient (Wildman–Crippen LogP) is 10.8. The molecule has 52 heavy (non-hydrogen) atoms. The Bertz CT molecular complexity index is 2730. The van der Waals surface area contributed by atoms with Crippen molar-refractivity contribution >= 4 is 27.5 Å². The van der Waals surface area contributed by atoms with Gasteiger partial charge < -0.3 is 9.47 Å². The molecule has 6 aromatic rings. The number of hydrogen-bond donors (Lipinski definition) is 0. The topological polar surface area (TPSA) is 79.5 Å². The van der Waals surface area contributed by atoms with Gasteiger partial charge in [-0.05, 0) is 66.6 Å². The fourth-order valence-corrected chi connectivity index (χ4v) is 8.38. The van der Waals surface area contributed by atoms with Gasteiger partial charge >= 0.3 is 0 Å². The normalized spacial score (nSPS) is 18.8. The van der Waals surface area contributed by atoms with E-state index in [0.717, 1.165) is 44.8 Å². The number of benzene rings is 5. The zero-order valence-corrected chi connectivity index (χ0v) is 28.5. The monoisotopic (exact) mass is 665 g/mol. The highest BCUT2D eigenvalue weighted by Gasteiger charge is 2.47. The summed E-state index contributed by atoms with van der Waals surface area (Å²) in [5.74, 6) is 0. The van der Waals surface area contributed by atoms with Crippen LogP contribution in [-0.4, -0.2) is 10.6 Å². The first kappa shape index (κ1) is 30.9. The first-order valence-electron chi connectivity index (χ1n) is 17.4. The highest BCUT2D eigenvalue weighted by molar-refractivity contribution is 6.09. The molecule has 0 spiro atoms. The Labute approximate surface area is 302 Å². The summed E-state index contributed by atoms with van der Waals surface area (Å²) in [6, 6.07) is 44.4. The summed E-state index contributed by atoms with van der Waals surface area (Å²) in [5.41, 5.74) is 10.7. The average Bonchev–Trinajstić information content (AvgIpc) is 3.53. The lowest BCUT2D eigenvalue weighted by Crippen LogP contribution is -2.39. The SMILES string of the molecule is CC12C=CC=CC1N(c1cccc(-c3cc(-c4ccccc4-n4c5ccccc5c5ccccc54)ccc3C#N)c1C#N)C1=C2C=C(C#N)CC=C1. The van der Waals surface area contributed by atoms with Crippen LogP contribution >= 0.6 is 0 Å². The minimum Gasteiger partial charge on any atom is -0.332 e. The number of nitriles is 3. The highest BCUT2D eigenvalue weighted by atomic mass is 15.2. The van der Waals surface area contributed by atoms with Gasteiger partial charge in [0.15, 0.2) is 0 Å². The van der Waals surface area contributed by atoms with E-state index in [4.69, 9.17) is 0 Å². The molecule has 0 radical (unpaired) electrons. The molecule has 9 rings (SSSR count). The number of para-hydroxylation sites is 3. The third kappa shape index (κ3) is 4.53. The lowest BCUT2D eigenvalue weighted by Gasteiger charge is -2.37. The lowest BCUT2D eigenvalue weighted by molar-refractivity contribution is 0.483. The summed E-state index contributed by atoms with van der Waals surface area (Å²) < 4.78 is 2.31. The van der Waals surface area contributed by atoms with Crippen molar-refractivity contribution in [1.29, 1.82) is 15.8 Å². The molecule has 0 N–H and O–H groups in total. The second-order valence-electron chi connectivity index (χ2n) is 13.6. The summed E-state index contributed by atoms with van der Waals surface area (Å²) >= 11 is 0. The van der Waals surface area contributed by atoms with Gasteiger partial charge in [-0.1, -0.05) is 103 Å². The Balaban J connectivity index is 1.24. The Morgan fingerprint density at radius 3 is 2.15 bits per heavy atom. The van der Waals surface area contributed by atoms with Gasteiger partial charge in [-0.15, -0.1) is 0 Å². The third-order valence-corrected chi connectivity index (χ3v) is 10.8. The fourth-order valence-electron chi connectivity index (χ4n) is 8.38. The zero-order valence-electron chi connectivity index (χ0n) is 28.5. The molecule has 5 heteroatoms. The standard InChI is InChI=1S/C47H31N5/c1-47-25-9-8-22-46(47)52(45-21-10-12-31(28-48)26-40(45)47)44-20-11-16-35(39(44)30-50)38-27-32(23-24-33(38)29-49)34-13-2-5-17-41(34)51-42-18-6-3-14-36(42)37-15-4-7-19-43(37)51/h2-11,13-27,46H,12H2,1H3. The number of allylic oxidation sites excluding steroid dienone is 6. The molecule has 0 bridgehead atoms. The van der Waals surface area contributed by atoms with Gasteiger partial charge in [-0.25, -0.2) is 0 Å². The molecule has 2 atom stereocenters. The van der Waals surface area contributed by atoms with Crippen LogP contribution in [0.1, 0.15) is 24.5 Å².